The zero-order chi connectivity index (χ0) is 19.7. The summed E-state index contributed by atoms with van der Waals surface area (Å²) in [5.41, 5.74) is 2.23. The second-order valence-electron chi connectivity index (χ2n) is 11.5. The predicted molar refractivity (Wildman–Crippen MR) is 113 cm³/mol. The van der Waals surface area contributed by atoms with Crippen molar-refractivity contribution >= 4 is 5.78 Å². The van der Waals surface area contributed by atoms with E-state index in [4.69, 9.17) is 4.74 Å². The average Bonchev–Trinajstić information content (AvgIpc) is 3.41. The first-order chi connectivity index (χ1) is 13.4. The van der Waals surface area contributed by atoms with Crippen LogP contribution in [0.15, 0.2) is 11.6 Å². The van der Waals surface area contributed by atoms with Crippen molar-refractivity contribution < 1.29 is 9.53 Å². The van der Waals surface area contributed by atoms with Crippen LogP contribution in [0.1, 0.15) is 85.5 Å². The Morgan fingerprint density at radius 1 is 1.11 bits per heavy atom. The number of hydrogen-bond donors (Lipinski definition) is 0. The van der Waals surface area contributed by atoms with Gasteiger partial charge in [0.15, 0.2) is 5.78 Å². The molecule has 2 heteroatoms. The van der Waals surface area contributed by atoms with Crippen LogP contribution < -0.4 is 0 Å². The van der Waals surface area contributed by atoms with Crippen LogP contribution in [0, 0.1) is 46.3 Å². The van der Waals surface area contributed by atoms with E-state index in [9.17, 15) is 4.79 Å². The number of hydrogen-bond acceptors (Lipinski definition) is 2. The first-order valence-electron chi connectivity index (χ1n) is 12.3. The summed E-state index contributed by atoms with van der Waals surface area (Å²) in [4.78, 5) is 12.4. The molecule has 0 heterocycles. The van der Waals surface area contributed by atoms with Gasteiger partial charge in [0.05, 0.1) is 6.10 Å². The Labute approximate surface area is 171 Å². The van der Waals surface area contributed by atoms with Crippen LogP contribution in [-0.4, -0.2) is 18.5 Å². The lowest BCUT2D eigenvalue weighted by Crippen LogP contribution is -2.54. The minimum absolute atomic E-state index is 0.317. The van der Waals surface area contributed by atoms with Crippen molar-refractivity contribution in [2.45, 2.75) is 91.6 Å². The highest BCUT2D eigenvalue weighted by Crippen LogP contribution is 2.72. The zero-order valence-corrected chi connectivity index (χ0v) is 18.5. The van der Waals surface area contributed by atoms with Crippen LogP contribution in [-0.2, 0) is 9.53 Å². The molecular weight excluding hydrogens is 344 g/mol. The summed E-state index contributed by atoms with van der Waals surface area (Å²) in [7, 11) is 0. The summed E-state index contributed by atoms with van der Waals surface area (Å²) in [5, 5.41) is 0. The quantitative estimate of drug-likeness (QED) is 0.528. The van der Waals surface area contributed by atoms with Gasteiger partial charge in [-0.25, -0.2) is 0 Å². The monoisotopic (exact) mass is 384 g/mol. The molecule has 0 bridgehead atoms. The molecule has 0 unspecified atom stereocenters. The summed E-state index contributed by atoms with van der Waals surface area (Å²) in [6, 6.07) is 0. The van der Waals surface area contributed by atoms with Crippen LogP contribution in [0.5, 0.6) is 0 Å². The largest absolute Gasteiger partial charge is 0.378 e. The Balaban J connectivity index is 1.39. The molecule has 0 spiro atoms. The second-order valence-corrected chi connectivity index (χ2v) is 11.5. The highest BCUT2D eigenvalue weighted by atomic mass is 16.5. The Hall–Kier alpha value is -0.630. The van der Waals surface area contributed by atoms with Crippen LogP contribution >= 0.6 is 0 Å². The summed E-state index contributed by atoms with van der Waals surface area (Å²) in [5.74, 6) is 4.65. The third-order valence-electron chi connectivity index (χ3n) is 10.2. The molecule has 0 aromatic heterocycles. The van der Waals surface area contributed by atoms with Gasteiger partial charge < -0.3 is 4.74 Å². The number of unbranched alkanes of at least 4 members (excludes halogenated alkanes) is 2. The summed E-state index contributed by atoms with van der Waals surface area (Å²) in [6.07, 6.45) is 14.0. The van der Waals surface area contributed by atoms with E-state index in [1.807, 2.05) is 0 Å². The van der Waals surface area contributed by atoms with Crippen LogP contribution in [0.25, 0.3) is 0 Å². The lowest BCUT2D eigenvalue weighted by Gasteiger charge is -2.60. The number of ether oxygens (including phenoxy) is 1. The molecule has 4 saturated carbocycles. The Morgan fingerprint density at radius 2 is 1.93 bits per heavy atom. The van der Waals surface area contributed by atoms with Crippen LogP contribution in [0.2, 0.25) is 0 Å². The standard InChI is InChI=1S/C26H40O2/c1-5-6-7-12-28-23-9-8-19-24-16(2)13-17-14-22(27)18-15-21(18)26(17,4)20(24)10-11-25(19,23)3/h14,16,18-21,23-24H,5-13,15H2,1-4H3/t16-,18-,19+,20+,21+,23+,24+,25+,26+/m1/s1. The number of fused-ring (bicyclic) bond motifs is 7. The predicted octanol–water partition coefficient (Wildman–Crippen LogP) is 6.20. The maximum absolute atomic E-state index is 12.4. The minimum Gasteiger partial charge on any atom is -0.378 e. The molecular formula is C26H40O2. The third-order valence-corrected chi connectivity index (χ3v) is 10.2. The minimum atomic E-state index is 0.317. The molecule has 5 rings (SSSR count). The maximum atomic E-state index is 12.4. The smallest absolute Gasteiger partial charge is 0.159 e. The molecule has 4 fully saturated rings. The van der Waals surface area contributed by atoms with Crippen LogP contribution in [0.4, 0.5) is 0 Å². The van der Waals surface area contributed by atoms with Gasteiger partial charge in [-0.15, -0.1) is 0 Å². The van der Waals surface area contributed by atoms with Gasteiger partial charge in [0.25, 0.3) is 0 Å². The molecule has 0 N–H and O–H groups in total. The summed E-state index contributed by atoms with van der Waals surface area (Å²) < 4.78 is 6.51. The molecule has 2 nitrogen and oxygen atoms in total. The van der Waals surface area contributed by atoms with E-state index in [1.54, 1.807) is 0 Å². The van der Waals surface area contributed by atoms with Gasteiger partial charge in [-0.05, 0) is 91.4 Å². The van der Waals surface area contributed by atoms with Crippen molar-refractivity contribution in [2.24, 2.45) is 46.3 Å². The van der Waals surface area contributed by atoms with Gasteiger partial charge >= 0.3 is 0 Å². The molecule has 0 radical (unpaired) electrons. The van der Waals surface area contributed by atoms with Crippen molar-refractivity contribution in [3.8, 4) is 0 Å². The van der Waals surface area contributed by atoms with Gasteiger partial charge in [-0.3, -0.25) is 4.79 Å². The van der Waals surface area contributed by atoms with E-state index in [0.717, 1.165) is 36.7 Å². The van der Waals surface area contributed by atoms with Crippen molar-refractivity contribution in [1.29, 1.82) is 0 Å². The number of ketones is 1. The molecule has 0 saturated heterocycles. The van der Waals surface area contributed by atoms with E-state index >= 15 is 0 Å². The molecule has 28 heavy (non-hydrogen) atoms. The van der Waals surface area contributed by atoms with Crippen LogP contribution in [0.3, 0.4) is 0 Å². The fourth-order valence-electron chi connectivity index (χ4n) is 8.61. The van der Waals surface area contributed by atoms with E-state index in [2.05, 4.69) is 33.8 Å². The molecule has 0 aliphatic heterocycles. The molecule has 0 aromatic carbocycles. The lowest BCUT2D eigenvalue weighted by atomic mass is 9.45. The Morgan fingerprint density at radius 3 is 2.71 bits per heavy atom. The molecule has 5 aliphatic rings. The number of carbonyl (C=O) groups excluding carboxylic acids is 1. The van der Waals surface area contributed by atoms with Gasteiger partial charge in [-0.2, -0.15) is 0 Å². The topological polar surface area (TPSA) is 26.3 Å². The summed E-state index contributed by atoms with van der Waals surface area (Å²) in [6.45, 7) is 10.8. The van der Waals surface area contributed by atoms with Gasteiger partial charge in [0, 0.05) is 12.5 Å². The van der Waals surface area contributed by atoms with Crippen molar-refractivity contribution in [2.75, 3.05) is 6.61 Å². The number of carbonyl (C=O) groups is 1. The first kappa shape index (κ1) is 19.3. The molecule has 5 aliphatic carbocycles. The van der Waals surface area contributed by atoms with E-state index < -0.39 is 0 Å². The van der Waals surface area contributed by atoms with E-state index in [0.29, 0.717) is 34.6 Å². The zero-order valence-electron chi connectivity index (χ0n) is 18.5. The number of allylic oxidation sites excluding steroid dienone is 1. The SMILES string of the molecule is CCCCCO[C@H]1CC[C@H]2[C@@H]3[C@H](C)CC4=CC(=O)[C@@H]5C[C@@H]5[C@]4(C)[C@H]3CC[C@]12C. The van der Waals surface area contributed by atoms with Crippen molar-refractivity contribution in [1.82, 2.24) is 0 Å². The number of rotatable bonds is 5. The van der Waals surface area contributed by atoms with Gasteiger partial charge in [0.2, 0.25) is 0 Å². The fourth-order valence-corrected chi connectivity index (χ4v) is 8.61. The van der Waals surface area contributed by atoms with Crippen molar-refractivity contribution in [3.63, 3.8) is 0 Å². The highest BCUT2D eigenvalue weighted by Gasteiger charge is 2.67. The molecule has 0 aromatic rings. The van der Waals surface area contributed by atoms with E-state index in [-0.39, 0.29) is 0 Å². The van der Waals surface area contributed by atoms with Crippen molar-refractivity contribution in [3.05, 3.63) is 11.6 Å². The van der Waals surface area contributed by atoms with Gasteiger partial charge in [0.1, 0.15) is 0 Å². The van der Waals surface area contributed by atoms with Gasteiger partial charge in [-0.1, -0.05) is 46.1 Å². The summed E-state index contributed by atoms with van der Waals surface area (Å²) >= 11 is 0. The maximum Gasteiger partial charge on any atom is 0.159 e. The Bertz CT molecular complexity index is 680. The van der Waals surface area contributed by atoms with E-state index in [1.165, 1.54) is 56.9 Å². The third kappa shape index (κ3) is 2.58. The molecule has 156 valence electrons. The Kier molecular flexibility index (Phi) is 4.62. The molecule has 0 amide bonds. The molecule has 9 atom stereocenters. The lowest BCUT2D eigenvalue weighted by molar-refractivity contribution is -0.123. The normalized spacial score (nSPS) is 51.6. The second kappa shape index (κ2) is 6.69. The fraction of sp³-hybridized carbons (Fsp3) is 0.885. The first-order valence-corrected chi connectivity index (χ1v) is 12.3. The average molecular weight is 385 g/mol. The highest BCUT2D eigenvalue weighted by molar-refractivity contribution is 5.96.